The topological polar surface area (TPSA) is 106 Å². The van der Waals surface area contributed by atoms with E-state index in [9.17, 15) is 20.1 Å². The Labute approximate surface area is 166 Å². The van der Waals surface area contributed by atoms with Crippen molar-refractivity contribution < 1.29 is 9.59 Å². The van der Waals surface area contributed by atoms with Crippen molar-refractivity contribution in [2.24, 2.45) is 0 Å². The summed E-state index contributed by atoms with van der Waals surface area (Å²) in [5.74, 6) is -0.442. The number of aryl methyl sites for hydroxylation is 2. The van der Waals surface area contributed by atoms with E-state index in [1.54, 1.807) is 0 Å². The quantitative estimate of drug-likeness (QED) is 0.743. The molecule has 27 heavy (non-hydrogen) atoms. The third-order valence-corrected chi connectivity index (χ3v) is 6.55. The number of anilines is 2. The predicted molar refractivity (Wildman–Crippen MR) is 108 cm³/mol. The number of carbonyl (C=O) groups is 2. The van der Waals surface area contributed by atoms with Crippen molar-refractivity contribution in [3.05, 3.63) is 32.0 Å². The van der Waals surface area contributed by atoms with Gasteiger partial charge in [-0.05, 0) is 45.2 Å². The molecule has 0 aliphatic carbocycles. The lowest BCUT2D eigenvalue weighted by Gasteiger charge is -2.05. The van der Waals surface area contributed by atoms with Crippen LogP contribution in [-0.4, -0.2) is 11.8 Å². The van der Waals surface area contributed by atoms with Crippen LogP contribution in [0.4, 0.5) is 10.0 Å². The highest BCUT2D eigenvalue weighted by Gasteiger charge is 2.16. The second kappa shape index (κ2) is 8.81. The van der Waals surface area contributed by atoms with E-state index < -0.39 is 0 Å². The molecule has 0 unspecified atom stereocenters. The van der Waals surface area contributed by atoms with Gasteiger partial charge in [-0.15, -0.1) is 22.7 Å². The highest BCUT2D eigenvalue weighted by atomic mass is 32.1. The van der Waals surface area contributed by atoms with Gasteiger partial charge >= 0.3 is 0 Å². The number of nitriles is 2. The standard InChI is InChI=1S/C19H20N4O2S2/c1-10-12(3)26-18(14(10)8-20)22-16(24)6-5-7-17(25)23-19-15(9-21)11(2)13(4)27-19/h5-7H2,1-4H3,(H,22,24)(H,23,25). The van der Waals surface area contributed by atoms with Crippen molar-refractivity contribution in [2.75, 3.05) is 10.6 Å². The highest BCUT2D eigenvalue weighted by molar-refractivity contribution is 7.17. The highest BCUT2D eigenvalue weighted by Crippen LogP contribution is 2.32. The Morgan fingerprint density at radius 1 is 0.815 bits per heavy atom. The van der Waals surface area contributed by atoms with Crippen LogP contribution in [0.25, 0.3) is 0 Å². The Balaban J connectivity index is 1.86. The maximum atomic E-state index is 12.1. The summed E-state index contributed by atoms with van der Waals surface area (Å²) < 4.78 is 0. The van der Waals surface area contributed by atoms with Gasteiger partial charge < -0.3 is 10.6 Å². The van der Waals surface area contributed by atoms with Crippen molar-refractivity contribution in [1.29, 1.82) is 10.5 Å². The molecule has 0 fully saturated rings. The first-order chi connectivity index (χ1) is 12.8. The third kappa shape index (κ3) is 4.73. The fourth-order valence-corrected chi connectivity index (χ4v) is 4.54. The summed E-state index contributed by atoms with van der Waals surface area (Å²) in [6.07, 6.45) is 0.748. The Morgan fingerprint density at radius 3 is 1.52 bits per heavy atom. The first kappa shape index (κ1) is 20.6. The summed E-state index contributed by atoms with van der Waals surface area (Å²) in [6, 6.07) is 4.23. The summed E-state index contributed by atoms with van der Waals surface area (Å²) in [6.45, 7) is 7.52. The molecule has 2 amide bonds. The molecule has 140 valence electrons. The van der Waals surface area contributed by atoms with E-state index in [-0.39, 0.29) is 24.7 Å². The first-order valence-corrected chi connectivity index (χ1v) is 10.0. The minimum absolute atomic E-state index is 0.182. The molecular weight excluding hydrogens is 380 g/mol. The van der Waals surface area contributed by atoms with Gasteiger partial charge in [0, 0.05) is 22.6 Å². The Kier molecular flexibility index (Phi) is 6.73. The van der Waals surface area contributed by atoms with Crippen LogP contribution in [0, 0.1) is 50.4 Å². The van der Waals surface area contributed by atoms with Gasteiger partial charge in [0.05, 0.1) is 11.1 Å². The van der Waals surface area contributed by atoms with E-state index >= 15 is 0 Å². The molecule has 0 atom stereocenters. The molecule has 2 rings (SSSR count). The minimum Gasteiger partial charge on any atom is -0.317 e. The molecule has 0 saturated carbocycles. The molecule has 0 spiro atoms. The van der Waals surface area contributed by atoms with Crippen LogP contribution in [0.2, 0.25) is 0 Å². The number of nitrogens with zero attached hydrogens (tertiary/aromatic N) is 2. The zero-order valence-electron chi connectivity index (χ0n) is 15.6. The SMILES string of the molecule is Cc1sc(NC(=O)CCCC(=O)Nc2sc(C)c(C)c2C#N)c(C#N)c1C. The van der Waals surface area contributed by atoms with Crippen LogP contribution in [0.1, 0.15) is 51.3 Å². The number of thiophene rings is 2. The summed E-state index contributed by atoms with van der Waals surface area (Å²) in [5.41, 5.74) is 2.76. The normalized spacial score (nSPS) is 10.1. The van der Waals surface area contributed by atoms with Gasteiger partial charge in [0.15, 0.2) is 0 Å². The lowest BCUT2D eigenvalue weighted by molar-refractivity contribution is -0.117. The van der Waals surface area contributed by atoms with Crippen molar-refractivity contribution in [3.63, 3.8) is 0 Å². The van der Waals surface area contributed by atoms with Gasteiger partial charge in [-0.2, -0.15) is 10.5 Å². The van der Waals surface area contributed by atoms with Crippen LogP contribution in [0.5, 0.6) is 0 Å². The van der Waals surface area contributed by atoms with Crippen molar-refractivity contribution in [1.82, 2.24) is 0 Å². The zero-order chi connectivity index (χ0) is 20.1. The molecule has 2 N–H and O–H groups in total. The van der Waals surface area contributed by atoms with Gasteiger partial charge in [0.1, 0.15) is 22.1 Å². The molecule has 0 bridgehead atoms. The van der Waals surface area contributed by atoms with Gasteiger partial charge in [-0.25, -0.2) is 0 Å². The minimum atomic E-state index is -0.221. The summed E-state index contributed by atoms with van der Waals surface area (Å²) in [5, 5.41) is 25.1. The molecule has 0 radical (unpaired) electrons. The van der Waals surface area contributed by atoms with Gasteiger partial charge in [0.25, 0.3) is 0 Å². The average Bonchev–Trinajstić information content (AvgIpc) is 3.03. The summed E-state index contributed by atoms with van der Waals surface area (Å²) >= 11 is 2.76. The molecule has 0 saturated heterocycles. The average molecular weight is 401 g/mol. The zero-order valence-corrected chi connectivity index (χ0v) is 17.3. The predicted octanol–water partition coefficient (Wildman–Crippen LogP) is 4.53. The van der Waals surface area contributed by atoms with Gasteiger partial charge in [-0.3, -0.25) is 9.59 Å². The Morgan fingerprint density at radius 2 is 1.19 bits per heavy atom. The molecule has 2 aromatic heterocycles. The lowest BCUT2D eigenvalue weighted by atomic mass is 10.1. The van der Waals surface area contributed by atoms with Crippen LogP contribution < -0.4 is 10.6 Å². The van der Waals surface area contributed by atoms with Crippen molar-refractivity contribution in [2.45, 2.75) is 47.0 Å². The van der Waals surface area contributed by atoms with Crippen LogP contribution in [-0.2, 0) is 9.59 Å². The van der Waals surface area contributed by atoms with Crippen LogP contribution >= 0.6 is 22.7 Å². The summed E-state index contributed by atoms with van der Waals surface area (Å²) in [7, 11) is 0. The van der Waals surface area contributed by atoms with Crippen molar-refractivity contribution >= 4 is 44.5 Å². The number of hydrogen-bond donors (Lipinski definition) is 2. The maximum Gasteiger partial charge on any atom is 0.225 e. The fraction of sp³-hybridized carbons (Fsp3) is 0.368. The number of carbonyl (C=O) groups excluding carboxylic acids is 2. The molecule has 8 heteroatoms. The summed E-state index contributed by atoms with van der Waals surface area (Å²) in [4.78, 5) is 26.2. The van der Waals surface area contributed by atoms with E-state index in [0.717, 1.165) is 20.9 Å². The van der Waals surface area contributed by atoms with Gasteiger partial charge in [0.2, 0.25) is 11.8 Å². The number of amides is 2. The first-order valence-electron chi connectivity index (χ1n) is 8.38. The third-order valence-electron chi connectivity index (χ3n) is 4.31. The second-order valence-electron chi connectivity index (χ2n) is 6.15. The number of nitrogens with one attached hydrogen (secondary N) is 2. The largest absolute Gasteiger partial charge is 0.317 e. The number of hydrogen-bond acceptors (Lipinski definition) is 6. The van der Waals surface area contributed by atoms with Crippen LogP contribution in [0.3, 0.4) is 0 Å². The van der Waals surface area contributed by atoms with E-state index in [0.29, 0.717) is 27.5 Å². The van der Waals surface area contributed by atoms with E-state index in [2.05, 4.69) is 22.8 Å². The Bertz CT molecular complexity index is 895. The molecule has 2 heterocycles. The molecule has 2 aromatic rings. The van der Waals surface area contributed by atoms with Gasteiger partial charge in [-0.1, -0.05) is 0 Å². The van der Waals surface area contributed by atoms with E-state index in [4.69, 9.17) is 0 Å². The molecule has 0 aliphatic heterocycles. The number of rotatable bonds is 6. The molecular formula is C19H20N4O2S2. The molecule has 6 nitrogen and oxygen atoms in total. The Hall–Kier alpha value is -2.68. The lowest BCUT2D eigenvalue weighted by Crippen LogP contribution is -2.14. The van der Waals surface area contributed by atoms with E-state index in [1.165, 1.54) is 22.7 Å². The van der Waals surface area contributed by atoms with Crippen LogP contribution in [0.15, 0.2) is 0 Å². The second-order valence-corrected chi connectivity index (χ2v) is 8.60. The fourth-order valence-electron chi connectivity index (χ4n) is 2.49. The van der Waals surface area contributed by atoms with Crippen molar-refractivity contribution in [3.8, 4) is 12.1 Å². The van der Waals surface area contributed by atoms with E-state index in [1.807, 2.05) is 27.7 Å². The molecule has 0 aromatic carbocycles. The monoisotopic (exact) mass is 400 g/mol. The smallest absolute Gasteiger partial charge is 0.225 e. The maximum absolute atomic E-state index is 12.1. The molecule has 0 aliphatic rings.